The molecule has 0 saturated carbocycles. The molecule has 2 aromatic carbocycles. The van der Waals surface area contributed by atoms with Gasteiger partial charge in [0.2, 0.25) is 11.8 Å². The Bertz CT molecular complexity index is 1020. The zero-order valence-corrected chi connectivity index (χ0v) is 17.4. The zero-order valence-electron chi connectivity index (χ0n) is 17.4. The first-order valence-corrected chi connectivity index (χ1v) is 9.85. The van der Waals surface area contributed by atoms with Crippen LogP contribution in [0.5, 0.6) is 0 Å². The van der Waals surface area contributed by atoms with Crippen LogP contribution in [0.2, 0.25) is 0 Å². The summed E-state index contributed by atoms with van der Waals surface area (Å²) in [6.07, 6.45) is 3.10. The minimum absolute atomic E-state index is 0.00685. The van der Waals surface area contributed by atoms with E-state index in [-0.39, 0.29) is 17.5 Å². The number of benzene rings is 2. The molecule has 0 aliphatic carbocycles. The Morgan fingerprint density at radius 1 is 1.03 bits per heavy atom. The fraction of sp³-hybridized carbons (Fsp3) is 0.304. The van der Waals surface area contributed by atoms with Gasteiger partial charge < -0.3 is 9.80 Å². The van der Waals surface area contributed by atoms with Crippen molar-refractivity contribution in [1.82, 2.24) is 9.80 Å². The Kier molecular flexibility index (Phi) is 6.30. The molecule has 0 spiro atoms. The number of nitrogens with zero attached hydrogens (tertiary/aromatic N) is 3. The SMILES string of the molecule is CC(=O)N1CCN(C(=O)/C=C/c2cccc([N+](=O)[O-])c2-c2cc(C)ccc2C)CC1. The van der Waals surface area contributed by atoms with Gasteiger partial charge in [-0.25, -0.2) is 0 Å². The summed E-state index contributed by atoms with van der Waals surface area (Å²) in [6.45, 7) is 7.35. The first kappa shape index (κ1) is 21.2. The molecule has 2 aromatic rings. The molecule has 30 heavy (non-hydrogen) atoms. The lowest BCUT2D eigenvalue weighted by molar-refractivity contribution is -0.384. The van der Waals surface area contributed by atoms with Crippen molar-refractivity contribution < 1.29 is 14.5 Å². The lowest BCUT2D eigenvalue weighted by Crippen LogP contribution is -2.49. The number of rotatable bonds is 4. The van der Waals surface area contributed by atoms with Crippen LogP contribution in [0, 0.1) is 24.0 Å². The molecule has 0 bridgehead atoms. The molecule has 1 heterocycles. The molecule has 3 rings (SSSR count). The average Bonchev–Trinajstić information content (AvgIpc) is 2.73. The Morgan fingerprint density at radius 2 is 1.70 bits per heavy atom. The molecule has 1 fully saturated rings. The third kappa shape index (κ3) is 4.56. The number of amides is 2. The maximum atomic E-state index is 12.6. The van der Waals surface area contributed by atoms with Gasteiger partial charge in [-0.05, 0) is 36.6 Å². The predicted octanol–water partition coefficient (Wildman–Crippen LogP) is 3.58. The molecule has 7 nitrogen and oxygen atoms in total. The van der Waals surface area contributed by atoms with Crippen LogP contribution in [0.25, 0.3) is 17.2 Å². The van der Waals surface area contributed by atoms with Crippen molar-refractivity contribution in [3.8, 4) is 11.1 Å². The van der Waals surface area contributed by atoms with Gasteiger partial charge in [-0.15, -0.1) is 0 Å². The van der Waals surface area contributed by atoms with Crippen LogP contribution in [0.1, 0.15) is 23.6 Å². The van der Waals surface area contributed by atoms with E-state index in [1.54, 1.807) is 28.0 Å². The lowest BCUT2D eigenvalue weighted by Gasteiger charge is -2.33. The molecular formula is C23H25N3O4. The van der Waals surface area contributed by atoms with Crippen LogP contribution in [0.3, 0.4) is 0 Å². The first-order valence-electron chi connectivity index (χ1n) is 9.85. The molecule has 1 aliphatic heterocycles. The minimum atomic E-state index is -0.392. The Morgan fingerprint density at radius 3 is 2.33 bits per heavy atom. The van der Waals surface area contributed by atoms with Gasteiger partial charge in [0.15, 0.2) is 0 Å². The van der Waals surface area contributed by atoms with E-state index in [9.17, 15) is 19.7 Å². The molecule has 0 N–H and O–H groups in total. The third-order valence-electron chi connectivity index (χ3n) is 5.38. The number of carbonyl (C=O) groups excluding carboxylic acids is 2. The highest BCUT2D eigenvalue weighted by atomic mass is 16.6. The quantitative estimate of drug-likeness (QED) is 0.441. The summed E-state index contributed by atoms with van der Waals surface area (Å²) in [5, 5.41) is 11.7. The summed E-state index contributed by atoms with van der Waals surface area (Å²) < 4.78 is 0. The van der Waals surface area contributed by atoms with E-state index >= 15 is 0 Å². The van der Waals surface area contributed by atoms with Gasteiger partial charge in [0.05, 0.1) is 10.5 Å². The summed E-state index contributed by atoms with van der Waals surface area (Å²) in [6, 6.07) is 10.7. The fourth-order valence-corrected chi connectivity index (χ4v) is 3.66. The van der Waals surface area contributed by atoms with Gasteiger partial charge in [-0.1, -0.05) is 35.9 Å². The van der Waals surface area contributed by atoms with E-state index in [0.717, 1.165) is 16.7 Å². The van der Waals surface area contributed by atoms with Gasteiger partial charge in [-0.2, -0.15) is 0 Å². The van der Waals surface area contributed by atoms with Crippen LogP contribution in [-0.4, -0.2) is 52.7 Å². The number of aryl methyl sites for hydroxylation is 2. The van der Waals surface area contributed by atoms with Gasteiger partial charge in [0, 0.05) is 45.2 Å². The van der Waals surface area contributed by atoms with E-state index in [1.165, 1.54) is 19.1 Å². The largest absolute Gasteiger partial charge is 0.339 e. The van der Waals surface area contributed by atoms with Crippen molar-refractivity contribution >= 4 is 23.6 Å². The number of carbonyl (C=O) groups is 2. The Hall–Kier alpha value is -3.48. The standard InChI is InChI=1S/C23H25N3O4/c1-16-7-8-17(2)20(15-16)23-19(5-4-6-21(23)26(29)30)9-10-22(28)25-13-11-24(12-14-25)18(3)27/h4-10,15H,11-14H2,1-3H3/b10-9+. The second kappa shape index (κ2) is 8.90. The van der Waals surface area contributed by atoms with Crippen LogP contribution < -0.4 is 0 Å². The molecule has 2 amide bonds. The average molecular weight is 407 g/mol. The van der Waals surface area contributed by atoms with Crippen LogP contribution >= 0.6 is 0 Å². The normalized spacial score (nSPS) is 14.2. The Balaban J connectivity index is 1.92. The second-order valence-electron chi connectivity index (χ2n) is 7.48. The fourth-order valence-electron chi connectivity index (χ4n) is 3.66. The maximum Gasteiger partial charge on any atom is 0.277 e. The van der Waals surface area contributed by atoms with Crippen molar-refractivity contribution in [3.63, 3.8) is 0 Å². The van der Waals surface area contributed by atoms with Gasteiger partial charge in [0.25, 0.3) is 5.69 Å². The lowest BCUT2D eigenvalue weighted by atomic mass is 9.93. The highest BCUT2D eigenvalue weighted by Crippen LogP contribution is 2.36. The molecule has 1 saturated heterocycles. The molecule has 156 valence electrons. The number of nitro groups is 1. The van der Waals surface area contributed by atoms with Crippen molar-refractivity contribution in [1.29, 1.82) is 0 Å². The third-order valence-corrected chi connectivity index (χ3v) is 5.38. The van der Waals surface area contributed by atoms with E-state index in [4.69, 9.17) is 0 Å². The predicted molar refractivity (Wildman–Crippen MR) is 116 cm³/mol. The topological polar surface area (TPSA) is 83.8 Å². The van der Waals surface area contributed by atoms with Crippen molar-refractivity contribution in [2.45, 2.75) is 20.8 Å². The molecule has 0 unspecified atom stereocenters. The van der Waals surface area contributed by atoms with E-state index in [1.807, 2.05) is 32.0 Å². The van der Waals surface area contributed by atoms with Gasteiger partial charge in [0.1, 0.15) is 0 Å². The number of nitro benzene ring substituents is 1. The molecule has 0 atom stereocenters. The first-order chi connectivity index (χ1) is 14.3. The second-order valence-corrected chi connectivity index (χ2v) is 7.48. The van der Waals surface area contributed by atoms with Crippen LogP contribution in [-0.2, 0) is 9.59 Å². The molecular weight excluding hydrogens is 382 g/mol. The highest BCUT2D eigenvalue weighted by molar-refractivity contribution is 5.94. The summed E-state index contributed by atoms with van der Waals surface area (Å²) in [4.78, 5) is 38.8. The van der Waals surface area contributed by atoms with Gasteiger partial charge >= 0.3 is 0 Å². The van der Waals surface area contributed by atoms with E-state index < -0.39 is 4.92 Å². The van der Waals surface area contributed by atoms with Crippen molar-refractivity contribution in [3.05, 3.63) is 69.3 Å². The molecule has 0 radical (unpaired) electrons. The van der Waals surface area contributed by atoms with Crippen molar-refractivity contribution in [2.75, 3.05) is 26.2 Å². The van der Waals surface area contributed by atoms with Crippen LogP contribution in [0.4, 0.5) is 5.69 Å². The number of hydrogen-bond acceptors (Lipinski definition) is 4. The smallest absolute Gasteiger partial charge is 0.277 e. The summed E-state index contributed by atoms with van der Waals surface area (Å²) in [5.41, 5.74) is 3.85. The van der Waals surface area contributed by atoms with E-state index in [0.29, 0.717) is 37.3 Å². The molecule has 1 aliphatic rings. The summed E-state index contributed by atoms with van der Waals surface area (Å²) in [7, 11) is 0. The van der Waals surface area contributed by atoms with Gasteiger partial charge in [-0.3, -0.25) is 19.7 Å². The minimum Gasteiger partial charge on any atom is -0.339 e. The zero-order chi connectivity index (χ0) is 21.8. The van der Waals surface area contributed by atoms with E-state index in [2.05, 4.69) is 0 Å². The van der Waals surface area contributed by atoms with Crippen molar-refractivity contribution in [2.24, 2.45) is 0 Å². The maximum absolute atomic E-state index is 12.6. The monoisotopic (exact) mass is 407 g/mol. The summed E-state index contributed by atoms with van der Waals surface area (Å²) in [5.74, 6) is -0.163. The molecule has 0 aromatic heterocycles. The highest BCUT2D eigenvalue weighted by Gasteiger charge is 2.22. The number of piperazine rings is 1. The molecule has 7 heteroatoms. The Labute approximate surface area is 175 Å². The van der Waals surface area contributed by atoms with Crippen LogP contribution in [0.15, 0.2) is 42.5 Å². The summed E-state index contributed by atoms with van der Waals surface area (Å²) >= 11 is 0. The number of hydrogen-bond donors (Lipinski definition) is 0.